The summed E-state index contributed by atoms with van der Waals surface area (Å²) in [6.45, 7) is 2.92. The Balaban J connectivity index is 1.62. The van der Waals surface area contributed by atoms with Crippen molar-refractivity contribution >= 4 is 17.5 Å². The minimum atomic E-state index is 0.147. The number of halogens is 1. The van der Waals surface area contributed by atoms with Crippen molar-refractivity contribution in [3.63, 3.8) is 0 Å². The highest BCUT2D eigenvalue weighted by molar-refractivity contribution is 6.30. The third-order valence-electron chi connectivity index (χ3n) is 3.88. The number of benzene rings is 1. The van der Waals surface area contributed by atoms with Crippen molar-refractivity contribution in [1.82, 2.24) is 5.32 Å². The van der Waals surface area contributed by atoms with E-state index in [-0.39, 0.29) is 6.04 Å². The monoisotopic (exact) mass is 278 g/mol. The molecule has 1 fully saturated rings. The van der Waals surface area contributed by atoms with Gasteiger partial charge in [-0.2, -0.15) is 0 Å². The number of hydrogen-bond donors (Lipinski definition) is 1. The van der Waals surface area contributed by atoms with Crippen molar-refractivity contribution in [3.8, 4) is 0 Å². The molecule has 1 aromatic rings. The van der Waals surface area contributed by atoms with Crippen LogP contribution in [0, 0.1) is 5.92 Å². The van der Waals surface area contributed by atoms with Gasteiger partial charge in [-0.3, -0.25) is 0 Å². The summed E-state index contributed by atoms with van der Waals surface area (Å²) < 4.78 is 5.75. The Bertz CT molecular complexity index is 452. The van der Waals surface area contributed by atoms with Crippen LogP contribution in [0.5, 0.6) is 0 Å². The van der Waals surface area contributed by atoms with Crippen molar-refractivity contribution in [3.05, 3.63) is 34.9 Å². The van der Waals surface area contributed by atoms with E-state index in [1.54, 1.807) is 0 Å². The number of rotatable bonds is 3. The number of ether oxygens (including phenoxy) is 1. The maximum atomic E-state index is 5.90. The summed E-state index contributed by atoms with van der Waals surface area (Å²) in [5, 5.41) is 4.15. The van der Waals surface area contributed by atoms with Gasteiger partial charge in [-0.1, -0.05) is 23.7 Å². The molecule has 1 saturated heterocycles. The molecule has 0 saturated carbocycles. The van der Waals surface area contributed by atoms with Crippen molar-refractivity contribution in [1.29, 1.82) is 0 Å². The molecule has 0 bridgehead atoms. The number of hydrogen-bond acceptors (Lipinski definition) is 3. The van der Waals surface area contributed by atoms with E-state index in [9.17, 15) is 0 Å². The lowest BCUT2D eigenvalue weighted by Gasteiger charge is -2.21. The summed E-state index contributed by atoms with van der Waals surface area (Å²) in [6.07, 6.45) is 3.45. The molecule has 0 aromatic heterocycles. The molecule has 0 amide bonds. The summed E-state index contributed by atoms with van der Waals surface area (Å²) in [4.78, 5) is 4.71. The van der Waals surface area contributed by atoms with Crippen LogP contribution in [0.2, 0.25) is 5.02 Å². The van der Waals surface area contributed by atoms with Crippen LogP contribution in [0.1, 0.15) is 30.9 Å². The third kappa shape index (κ3) is 3.28. The Morgan fingerprint density at radius 2 is 1.95 bits per heavy atom. The van der Waals surface area contributed by atoms with Crippen LogP contribution in [0.25, 0.3) is 0 Å². The van der Waals surface area contributed by atoms with Gasteiger partial charge in [0.05, 0.1) is 0 Å². The number of nitrogens with zero attached hydrogens (tertiary/aromatic N) is 1. The quantitative estimate of drug-likeness (QED) is 0.921. The molecular weight excluding hydrogens is 260 g/mol. The molecule has 1 aromatic carbocycles. The molecule has 1 unspecified atom stereocenters. The lowest BCUT2D eigenvalue weighted by atomic mass is 9.95. The highest BCUT2D eigenvalue weighted by Crippen LogP contribution is 2.27. The SMILES string of the molecule is Clc1ccc(C2COC(CC3CCNCC3)=N2)cc1. The van der Waals surface area contributed by atoms with Crippen LogP contribution in [-0.2, 0) is 4.74 Å². The fraction of sp³-hybridized carbons (Fsp3) is 0.533. The van der Waals surface area contributed by atoms with Crippen molar-refractivity contribution in [2.45, 2.75) is 25.3 Å². The molecule has 4 heteroatoms. The lowest BCUT2D eigenvalue weighted by Crippen LogP contribution is -2.28. The first kappa shape index (κ1) is 12.9. The number of nitrogens with one attached hydrogen (secondary N) is 1. The van der Waals surface area contributed by atoms with Crippen LogP contribution >= 0.6 is 11.6 Å². The first-order valence-electron chi connectivity index (χ1n) is 6.97. The second-order valence-electron chi connectivity index (χ2n) is 5.30. The van der Waals surface area contributed by atoms with Gasteiger partial charge in [0.2, 0.25) is 0 Å². The zero-order valence-corrected chi connectivity index (χ0v) is 11.7. The zero-order valence-electron chi connectivity index (χ0n) is 10.9. The average Bonchev–Trinajstić information content (AvgIpc) is 2.89. The van der Waals surface area contributed by atoms with Crippen LogP contribution < -0.4 is 5.32 Å². The Morgan fingerprint density at radius 1 is 1.21 bits per heavy atom. The van der Waals surface area contributed by atoms with Gasteiger partial charge < -0.3 is 10.1 Å². The zero-order chi connectivity index (χ0) is 13.1. The molecule has 0 aliphatic carbocycles. The molecule has 102 valence electrons. The fourth-order valence-electron chi connectivity index (χ4n) is 2.72. The molecule has 0 spiro atoms. The molecule has 2 heterocycles. The summed E-state index contributed by atoms with van der Waals surface area (Å²) in [6, 6.07) is 8.05. The molecule has 19 heavy (non-hydrogen) atoms. The lowest BCUT2D eigenvalue weighted by molar-refractivity contribution is 0.294. The first-order valence-corrected chi connectivity index (χ1v) is 7.35. The molecule has 1 N–H and O–H groups in total. The van der Waals surface area contributed by atoms with Crippen LogP contribution in [0.3, 0.4) is 0 Å². The topological polar surface area (TPSA) is 33.6 Å². The smallest absolute Gasteiger partial charge is 0.184 e. The maximum absolute atomic E-state index is 5.90. The van der Waals surface area contributed by atoms with Crippen LogP contribution in [0.4, 0.5) is 0 Å². The summed E-state index contributed by atoms with van der Waals surface area (Å²) in [5.74, 6) is 1.66. The van der Waals surface area contributed by atoms with E-state index in [2.05, 4.69) is 5.32 Å². The van der Waals surface area contributed by atoms with E-state index in [0.29, 0.717) is 6.61 Å². The Morgan fingerprint density at radius 3 is 2.68 bits per heavy atom. The van der Waals surface area contributed by atoms with Crippen molar-refractivity contribution in [2.24, 2.45) is 10.9 Å². The Hall–Kier alpha value is -1.06. The summed E-state index contributed by atoms with van der Waals surface area (Å²) in [5.41, 5.74) is 1.18. The van der Waals surface area contributed by atoms with Gasteiger partial charge in [-0.25, -0.2) is 4.99 Å². The van der Waals surface area contributed by atoms with Gasteiger partial charge >= 0.3 is 0 Å². The molecule has 2 aliphatic heterocycles. The molecule has 2 aliphatic rings. The minimum absolute atomic E-state index is 0.147. The van der Waals surface area contributed by atoms with E-state index in [4.69, 9.17) is 21.3 Å². The van der Waals surface area contributed by atoms with Gasteiger partial charge in [0, 0.05) is 11.4 Å². The molecule has 3 nitrogen and oxygen atoms in total. The van der Waals surface area contributed by atoms with E-state index >= 15 is 0 Å². The van der Waals surface area contributed by atoms with Gasteiger partial charge in [-0.15, -0.1) is 0 Å². The van der Waals surface area contributed by atoms with Gasteiger partial charge in [0.1, 0.15) is 12.6 Å². The summed E-state index contributed by atoms with van der Waals surface area (Å²) in [7, 11) is 0. The van der Waals surface area contributed by atoms with Gasteiger partial charge in [0.15, 0.2) is 5.90 Å². The summed E-state index contributed by atoms with van der Waals surface area (Å²) >= 11 is 5.90. The maximum Gasteiger partial charge on any atom is 0.184 e. The van der Waals surface area contributed by atoms with Crippen LogP contribution in [-0.4, -0.2) is 25.6 Å². The second-order valence-corrected chi connectivity index (χ2v) is 5.74. The number of piperidine rings is 1. The standard InChI is InChI=1S/C15H19ClN2O/c16-13-3-1-12(2-4-13)14-10-19-15(18-14)9-11-5-7-17-8-6-11/h1-4,11,14,17H,5-10H2. The minimum Gasteiger partial charge on any atom is -0.478 e. The number of aliphatic imine (C=N–C) groups is 1. The van der Waals surface area contributed by atoms with Crippen molar-refractivity contribution in [2.75, 3.05) is 19.7 Å². The van der Waals surface area contributed by atoms with E-state index in [1.165, 1.54) is 18.4 Å². The van der Waals surface area contributed by atoms with Crippen LogP contribution in [0.15, 0.2) is 29.3 Å². The predicted octanol–water partition coefficient (Wildman–Crippen LogP) is 3.20. The third-order valence-corrected chi connectivity index (χ3v) is 4.14. The van der Waals surface area contributed by atoms with Gasteiger partial charge in [-0.05, 0) is 49.5 Å². The Labute approximate surface area is 119 Å². The van der Waals surface area contributed by atoms with E-state index in [1.807, 2.05) is 24.3 Å². The average molecular weight is 279 g/mol. The highest BCUT2D eigenvalue weighted by Gasteiger charge is 2.23. The normalized spacial score (nSPS) is 24.1. The molecule has 3 rings (SSSR count). The molecule has 0 radical (unpaired) electrons. The molecular formula is C15H19ClN2O. The molecule has 1 atom stereocenters. The van der Waals surface area contributed by atoms with E-state index < -0.39 is 0 Å². The van der Waals surface area contributed by atoms with Gasteiger partial charge in [0.25, 0.3) is 0 Å². The van der Waals surface area contributed by atoms with E-state index in [0.717, 1.165) is 36.3 Å². The largest absolute Gasteiger partial charge is 0.478 e. The second kappa shape index (κ2) is 5.93. The predicted molar refractivity (Wildman–Crippen MR) is 77.8 cm³/mol. The van der Waals surface area contributed by atoms with Crippen molar-refractivity contribution < 1.29 is 4.74 Å². The Kier molecular flexibility index (Phi) is 4.04. The first-order chi connectivity index (χ1) is 9.31. The fourth-order valence-corrected chi connectivity index (χ4v) is 2.85. The highest BCUT2D eigenvalue weighted by atomic mass is 35.5.